The summed E-state index contributed by atoms with van der Waals surface area (Å²) in [5.74, 6) is 0.855. The van der Waals surface area contributed by atoms with Gasteiger partial charge >= 0.3 is 0 Å². The lowest BCUT2D eigenvalue weighted by Gasteiger charge is -2.02. The molecule has 0 radical (unpaired) electrons. The Kier molecular flexibility index (Phi) is 2.39. The number of imidazole rings is 1. The van der Waals surface area contributed by atoms with Gasteiger partial charge in [-0.3, -0.25) is 4.68 Å². The van der Waals surface area contributed by atoms with Gasteiger partial charge in [0, 0.05) is 14.1 Å². The fourth-order valence-corrected chi connectivity index (χ4v) is 2.31. The molecule has 2 heterocycles. The second kappa shape index (κ2) is 3.95. The third-order valence-electron chi connectivity index (χ3n) is 3.24. The van der Waals surface area contributed by atoms with E-state index in [1.807, 2.05) is 48.5 Å². The van der Waals surface area contributed by atoms with Crippen molar-refractivity contribution in [2.24, 2.45) is 14.1 Å². The zero-order chi connectivity index (χ0) is 13.6. The molecule has 0 aliphatic rings. The lowest BCUT2D eigenvalue weighted by molar-refractivity contribution is 0.754. The molecule has 0 N–H and O–H groups in total. The first-order valence-electron chi connectivity index (χ1n) is 5.98. The lowest BCUT2D eigenvalue weighted by Crippen LogP contribution is -1.99. The van der Waals surface area contributed by atoms with E-state index in [2.05, 4.69) is 16.2 Å². The van der Waals surface area contributed by atoms with Gasteiger partial charge in [0.1, 0.15) is 5.69 Å². The summed E-state index contributed by atoms with van der Waals surface area (Å²) < 4.78 is 3.81. The molecular weight excluding hydrogens is 238 g/mol. The smallest absolute Gasteiger partial charge is 0.159 e. The lowest BCUT2D eigenvalue weighted by atomic mass is 10.2. The SMILES string of the molecule is Cc1cc(-c2nc3ccc(C#N)cc3n2C)n(C)n1. The molecule has 1 aromatic carbocycles. The average Bonchev–Trinajstić information content (AvgIpc) is 2.89. The molecule has 0 bridgehead atoms. The molecule has 0 saturated carbocycles. The Morgan fingerprint density at radius 2 is 2.00 bits per heavy atom. The number of rotatable bonds is 1. The molecule has 2 aromatic heterocycles. The van der Waals surface area contributed by atoms with E-state index in [9.17, 15) is 0 Å². The van der Waals surface area contributed by atoms with Gasteiger partial charge in [0.2, 0.25) is 0 Å². The number of nitriles is 1. The van der Waals surface area contributed by atoms with Crippen LogP contribution in [-0.4, -0.2) is 19.3 Å². The van der Waals surface area contributed by atoms with Gasteiger partial charge in [0.15, 0.2) is 5.82 Å². The molecule has 0 amide bonds. The predicted molar refractivity (Wildman–Crippen MR) is 72.4 cm³/mol. The van der Waals surface area contributed by atoms with Crippen LogP contribution in [0.5, 0.6) is 0 Å². The van der Waals surface area contributed by atoms with Crippen molar-refractivity contribution in [1.82, 2.24) is 19.3 Å². The molecule has 94 valence electrons. The van der Waals surface area contributed by atoms with E-state index in [-0.39, 0.29) is 0 Å². The largest absolute Gasteiger partial charge is 0.326 e. The van der Waals surface area contributed by atoms with Crippen molar-refractivity contribution in [2.45, 2.75) is 6.92 Å². The molecule has 0 aliphatic carbocycles. The summed E-state index contributed by atoms with van der Waals surface area (Å²) in [5, 5.41) is 13.3. The third-order valence-corrected chi connectivity index (χ3v) is 3.24. The third kappa shape index (κ3) is 1.69. The minimum atomic E-state index is 0.642. The maximum absolute atomic E-state index is 8.97. The highest BCUT2D eigenvalue weighted by molar-refractivity contribution is 5.81. The molecule has 3 aromatic rings. The van der Waals surface area contributed by atoms with Crippen LogP contribution in [0.3, 0.4) is 0 Å². The summed E-state index contributed by atoms with van der Waals surface area (Å²) in [6.07, 6.45) is 0. The van der Waals surface area contributed by atoms with Gasteiger partial charge in [-0.25, -0.2) is 4.98 Å². The van der Waals surface area contributed by atoms with Gasteiger partial charge < -0.3 is 4.57 Å². The second-order valence-electron chi connectivity index (χ2n) is 4.60. The zero-order valence-corrected chi connectivity index (χ0v) is 11.0. The molecule has 0 aliphatic heterocycles. The maximum atomic E-state index is 8.97. The van der Waals surface area contributed by atoms with Gasteiger partial charge in [0.05, 0.1) is 28.4 Å². The predicted octanol–water partition coefficient (Wildman–Crippen LogP) is 2.15. The van der Waals surface area contributed by atoms with Crippen molar-refractivity contribution in [2.75, 3.05) is 0 Å². The number of benzene rings is 1. The van der Waals surface area contributed by atoms with Crippen molar-refractivity contribution in [1.29, 1.82) is 5.26 Å². The molecule has 0 atom stereocenters. The number of hydrogen-bond acceptors (Lipinski definition) is 3. The summed E-state index contributed by atoms with van der Waals surface area (Å²) >= 11 is 0. The minimum Gasteiger partial charge on any atom is -0.326 e. The number of aromatic nitrogens is 4. The van der Waals surface area contributed by atoms with Crippen LogP contribution in [0.15, 0.2) is 24.3 Å². The number of nitrogens with zero attached hydrogens (tertiary/aromatic N) is 5. The van der Waals surface area contributed by atoms with E-state index < -0.39 is 0 Å². The molecule has 3 rings (SSSR count). The van der Waals surface area contributed by atoms with Gasteiger partial charge in [-0.2, -0.15) is 10.4 Å². The molecule has 19 heavy (non-hydrogen) atoms. The van der Waals surface area contributed by atoms with Gasteiger partial charge in [-0.1, -0.05) is 0 Å². The van der Waals surface area contributed by atoms with Gasteiger partial charge in [0.25, 0.3) is 0 Å². The Hall–Kier alpha value is -2.61. The zero-order valence-electron chi connectivity index (χ0n) is 11.0. The Balaban J connectivity index is 2.29. The first kappa shape index (κ1) is 11.5. The molecule has 5 nitrogen and oxygen atoms in total. The van der Waals surface area contributed by atoms with E-state index in [4.69, 9.17) is 5.26 Å². The van der Waals surface area contributed by atoms with E-state index in [0.717, 1.165) is 28.2 Å². The Morgan fingerprint density at radius 3 is 2.63 bits per heavy atom. The average molecular weight is 251 g/mol. The monoisotopic (exact) mass is 251 g/mol. The Bertz CT molecular complexity index is 816. The summed E-state index contributed by atoms with van der Waals surface area (Å²) in [5.41, 5.74) is 4.41. The first-order valence-corrected chi connectivity index (χ1v) is 5.98. The summed E-state index contributed by atoms with van der Waals surface area (Å²) in [6, 6.07) is 9.68. The van der Waals surface area contributed by atoms with Crippen LogP contribution < -0.4 is 0 Å². The van der Waals surface area contributed by atoms with Crippen LogP contribution in [0.1, 0.15) is 11.3 Å². The highest BCUT2D eigenvalue weighted by atomic mass is 15.3. The van der Waals surface area contributed by atoms with Crippen molar-refractivity contribution in [3.05, 3.63) is 35.5 Å². The first-order chi connectivity index (χ1) is 9.10. The standard InChI is InChI=1S/C14H13N5/c1-9-6-13(19(3)17-9)14-16-11-5-4-10(8-15)7-12(11)18(14)2/h4-7H,1-3H3. The highest BCUT2D eigenvalue weighted by Crippen LogP contribution is 2.24. The molecule has 0 spiro atoms. The summed E-state index contributed by atoms with van der Waals surface area (Å²) in [4.78, 5) is 4.62. The number of aryl methyl sites for hydroxylation is 3. The van der Waals surface area contributed by atoms with E-state index in [1.165, 1.54) is 0 Å². The van der Waals surface area contributed by atoms with Gasteiger partial charge in [-0.05, 0) is 31.2 Å². The van der Waals surface area contributed by atoms with E-state index in [1.54, 1.807) is 6.07 Å². The van der Waals surface area contributed by atoms with Crippen molar-refractivity contribution in [3.8, 4) is 17.6 Å². The minimum absolute atomic E-state index is 0.642. The van der Waals surface area contributed by atoms with E-state index >= 15 is 0 Å². The highest BCUT2D eigenvalue weighted by Gasteiger charge is 2.14. The summed E-state index contributed by atoms with van der Waals surface area (Å²) in [7, 11) is 3.86. The number of hydrogen-bond donors (Lipinski definition) is 0. The Morgan fingerprint density at radius 1 is 1.21 bits per heavy atom. The quantitative estimate of drug-likeness (QED) is 0.665. The fraction of sp³-hybridized carbons (Fsp3) is 0.214. The molecule has 0 saturated heterocycles. The normalized spacial score (nSPS) is 10.8. The van der Waals surface area contributed by atoms with Crippen molar-refractivity contribution < 1.29 is 0 Å². The molecule has 5 heteroatoms. The summed E-state index contributed by atoms with van der Waals surface area (Å²) in [6.45, 7) is 1.96. The second-order valence-corrected chi connectivity index (χ2v) is 4.60. The van der Waals surface area contributed by atoms with E-state index in [0.29, 0.717) is 5.56 Å². The number of fused-ring (bicyclic) bond motifs is 1. The topological polar surface area (TPSA) is 59.4 Å². The van der Waals surface area contributed by atoms with Crippen molar-refractivity contribution >= 4 is 11.0 Å². The maximum Gasteiger partial charge on any atom is 0.159 e. The van der Waals surface area contributed by atoms with Gasteiger partial charge in [-0.15, -0.1) is 0 Å². The van der Waals surface area contributed by atoms with Crippen molar-refractivity contribution in [3.63, 3.8) is 0 Å². The van der Waals surface area contributed by atoms with Crippen LogP contribution >= 0.6 is 0 Å². The van der Waals surface area contributed by atoms with Crippen LogP contribution in [0.25, 0.3) is 22.6 Å². The van der Waals surface area contributed by atoms with Crippen LogP contribution in [0, 0.1) is 18.3 Å². The fourth-order valence-electron chi connectivity index (χ4n) is 2.31. The van der Waals surface area contributed by atoms with Crippen LogP contribution in [0.4, 0.5) is 0 Å². The molecule has 0 unspecified atom stereocenters. The van der Waals surface area contributed by atoms with Crippen LogP contribution in [0.2, 0.25) is 0 Å². The molecule has 0 fully saturated rings. The Labute approximate surface area is 110 Å². The molecular formula is C14H13N5. The van der Waals surface area contributed by atoms with Crippen LogP contribution in [-0.2, 0) is 14.1 Å².